The van der Waals surface area contributed by atoms with E-state index in [9.17, 15) is 9.59 Å². The summed E-state index contributed by atoms with van der Waals surface area (Å²) in [5.41, 5.74) is 6.12. The number of rotatable bonds is 4. The van der Waals surface area contributed by atoms with Crippen molar-refractivity contribution in [3.8, 4) is 0 Å². The van der Waals surface area contributed by atoms with Crippen molar-refractivity contribution in [3.63, 3.8) is 0 Å². The smallest absolute Gasteiger partial charge is 0.327 e. The lowest BCUT2D eigenvalue weighted by molar-refractivity contribution is -0.141. The number of methoxy groups -OCH3 is 1. The molecule has 2 heterocycles. The number of hydrogen-bond acceptors (Lipinski definition) is 6. The number of nitrogens with zero attached hydrogens (tertiary/aromatic N) is 3. The summed E-state index contributed by atoms with van der Waals surface area (Å²) in [6.07, 6.45) is 3.64. The monoisotopic (exact) mass is 344 g/mol. The molecule has 1 fully saturated rings. The van der Waals surface area contributed by atoms with Crippen LogP contribution in [0.15, 0.2) is 15.5 Å². The molecule has 0 aliphatic carbocycles. The highest BCUT2D eigenvalue weighted by Gasteiger charge is 2.26. The number of hydrogen-bond donors (Lipinski definition) is 1. The summed E-state index contributed by atoms with van der Waals surface area (Å²) in [4.78, 5) is 25.5. The van der Waals surface area contributed by atoms with Crippen molar-refractivity contribution in [2.45, 2.75) is 25.4 Å². The average Bonchev–Trinajstić information content (AvgIpc) is 2.92. The molecule has 8 heteroatoms. The Morgan fingerprint density at radius 3 is 3.05 bits per heavy atom. The van der Waals surface area contributed by atoms with Crippen molar-refractivity contribution in [1.29, 1.82) is 0 Å². The predicted molar refractivity (Wildman–Crippen MR) is 77.6 cm³/mol. The van der Waals surface area contributed by atoms with E-state index in [1.54, 1.807) is 6.20 Å². The normalized spacial score (nSPS) is 18.4. The lowest BCUT2D eigenvalue weighted by Gasteiger charge is -2.26. The fourth-order valence-corrected chi connectivity index (χ4v) is 2.89. The van der Waals surface area contributed by atoms with Gasteiger partial charge in [0.25, 0.3) is 5.56 Å². The van der Waals surface area contributed by atoms with Gasteiger partial charge in [-0.15, -0.1) is 0 Å². The lowest BCUT2D eigenvalue weighted by Crippen LogP contribution is -2.37. The number of anilines is 1. The largest absolute Gasteiger partial charge is 0.468 e. The first kappa shape index (κ1) is 15.0. The van der Waals surface area contributed by atoms with Gasteiger partial charge < -0.3 is 15.4 Å². The summed E-state index contributed by atoms with van der Waals surface area (Å²) < 4.78 is 6.01. The minimum absolute atomic E-state index is 0.200. The van der Waals surface area contributed by atoms with Gasteiger partial charge in [0.1, 0.15) is 11.0 Å². The van der Waals surface area contributed by atoms with Crippen LogP contribution in [0.3, 0.4) is 0 Å². The molecule has 1 saturated heterocycles. The van der Waals surface area contributed by atoms with E-state index in [0.717, 1.165) is 29.8 Å². The summed E-state index contributed by atoms with van der Waals surface area (Å²) in [5, 5.41) is 4.03. The third-order valence-electron chi connectivity index (χ3n) is 3.43. The van der Waals surface area contributed by atoms with E-state index < -0.39 is 5.97 Å². The topological polar surface area (TPSA) is 90.5 Å². The zero-order chi connectivity index (χ0) is 14.7. The zero-order valence-electron chi connectivity index (χ0n) is 11.2. The fourth-order valence-electron chi connectivity index (χ4n) is 2.35. The van der Waals surface area contributed by atoms with Gasteiger partial charge in [-0.3, -0.25) is 9.59 Å². The summed E-state index contributed by atoms with van der Waals surface area (Å²) in [7, 11) is 1.27. The average molecular weight is 345 g/mol. The van der Waals surface area contributed by atoms with Crippen LogP contribution in [0.1, 0.15) is 12.8 Å². The van der Waals surface area contributed by atoms with Gasteiger partial charge in [0.05, 0.1) is 19.0 Å². The maximum absolute atomic E-state index is 12.2. The Morgan fingerprint density at radius 2 is 2.40 bits per heavy atom. The SMILES string of the molecule is COC(=O)Cn1ncc(N2CCCC2CN)c(Br)c1=O. The second-order valence-corrected chi connectivity index (χ2v) is 5.40. The molecule has 2 rings (SSSR count). The van der Waals surface area contributed by atoms with Crippen LogP contribution in [-0.2, 0) is 16.1 Å². The molecule has 1 aliphatic rings. The number of carbonyl (C=O) groups is 1. The van der Waals surface area contributed by atoms with Crippen LogP contribution in [0.4, 0.5) is 5.69 Å². The summed E-state index contributed by atoms with van der Waals surface area (Å²) in [6.45, 7) is 1.19. The van der Waals surface area contributed by atoms with Crippen LogP contribution in [0.2, 0.25) is 0 Å². The molecule has 1 aromatic rings. The van der Waals surface area contributed by atoms with E-state index in [-0.39, 0.29) is 18.1 Å². The van der Waals surface area contributed by atoms with Crippen molar-refractivity contribution in [2.75, 3.05) is 25.1 Å². The maximum atomic E-state index is 12.2. The molecule has 0 radical (unpaired) electrons. The highest BCUT2D eigenvalue weighted by atomic mass is 79.9. The molecule has 0 saturated carbocycles. The van der Waals surface area contributed by atoms with Crippen molar-refractivity contribution < 1.29 is 9.53 Å². The van der Waals surface area contributed by atoms with Gasteiger partial charge in [-0.05, 0) is 28.8 Å². The van der Waals surface area contributed by atoms with E-state index in [4.69, 9.17) is 5.73 Å². The van der Waals surface area contributed by atoms with Gasteiger partial charge in [0.2, 0.25) is 0 Å². The first-order chi connectivity index (χ1) is 9.58. The molecule has 1 atom stereocenters. The van der Waals surface area contributed by atoms with Gasteiger partial charge in [0.15, 0.2) is 0 Å². The summed E-state index contributed by atoms with van der Waals surface area (Å²) in [6, 6.07) is 0.226. The van der Waals surface area contributed by atoms with Crippen molar-refractivity contribution in [2.24, 2.45) is 5.73 Å². The van der Waals surface area contributed by atoms with E-state index in [1.807, 2.05) is 0 Å². The maximum Gasteiger partial charge on any atom is 0.327 e. The first-order valence-electron chi connectivity index (χ1n) is 6.37. The molecule has 0 bridgehead atoms. The number of esters is 1. The number of ether oxygens (including phenoxy) is 1. The Bertz CT molecular complexity index is 560. The molecule has 20 heavy (non-hydrogen) atoms. The summed E-state index contributed by atoms with van der Waals surface area (Å²) in [5.74, 6) is -0.514. The Kier molecular flexibility index (Phi) is 4.77. The molecule has 1 unspecified atom stereocenters. The van der Waals surface area contributed by atoms with Crippen LogP contribution < -0.4 is 16.2 Å². The third-order valence-corrected chi connectivity index (χ3v) is 4.18. The molecule has 0 amide bonds. The Hall–Kier alpha value is -1.41. The highest BCUT2D eigenvalue weighted by Crippen LogP contribution is 2.28. The van der Waals surface area contributed by atoms with Crippen LogP contribution in [0, 0.1) is 0 Å². The number of nitrogens with two attached hydrogens (primary N) is 1. The molecule has 1 aromatic heterocycles. The third kappa shape index (κ3) is 2.85. The molecule has 7 nitrogen and oxygen atoms in total. The van der Waals surface area contributed by atoms with Gasteiger partial charge in [-0.1, -0.05) is 0 Å². The molecular weight excluding hydrogens is 328 g/mol. The Labute approximate surface area is 124 Å². The first-order valence-corrected chi connectivity index (χ1v) is 7.17. The second kappa shape index (κ2) is 6.36. The van der Waals surface area contributed by atoms with Crippen molar-refractivity contribution >= 4 is 27.6 Å². The molecule has 1 aliphatic heterocycles. The van der Waals surface area contributed by atoms with Crippen LogP contribution in [-0.4, -0.2) is 42.0 Å². The van der Waals surface area contributed by atoms with Crippen LogP contribution in [0.5, 0.6) is 0 Å². The van der Waals surface area contributed by atoms with Crippen LogP contribution >= 0.6 is 15.9 Å². The lowest BCUT2D eigenvalue weighted by atomic mass is 10.2. The quantitative estimate of drug-likeness (QED) is 0.779. The molecular formula is C12H17BrN4O3. The second-order valence-electron chi connectivity index (χ2n) is 4.61. The van der Waals surface area contributed by atoms with Gasteiger partial charge in [-0.25, -0.2) is 4.68 Å². The highest BCUT2D eigenvalue weighted by molar-refractivity contribution is 9.10. The van der Waals surface area contributed by atoms with Gasteiger partial charge in [0, 0.05) is 19.1 Å². The molecule has 2 N–H and O–H groups in total. The van der Waals surface area contributed by atoms with Gasteiger partial charge >= 0.3 is 5.97 Å². The van der Waals surface area contributed by atoms with Crippen molar-refractivity contribution in [1.82, 2.24) is 9.78 Å². The number of carbonyl (C=O) groups excluding carboxylic acids is 1. The fraction of sp³-hybridized carbons (Fsp3) is 0.583. The predicted octanol–water partition coefficient (Wildman–Crippen LogP) is 0.106. The zero-order valence-corrected chi connectivity index (χ0v) is 12.8. The van der Waals surface area contributed by atoms with E-state index >= 15 is 0 Å². The van der Waals surface area contributed by atoms with E-state index in [1.165, 1.54) is 7.11 Å². The van der Waals surface area contributed by atoms with Gasteiger partial charge in [-0.2, -0.15) is 5.10 Å². The van der Waals surface area contributed by atoms with E-state index in [0.29, 0.717) is 11.0 Å². The van der Waals surface area contributed by atoms with Crippen molar-refractivity contribution in [3.05, 3.63) is 21.0 Å². The molecule has 0 spiro atoms. The molecule has 110 valence electrons. The minimum Gasteiger partial charge on any atom is -0.468 e. The Balaban J connectivity index is 2.31. The standard InChI is InChI=1S/C12H17BrN4O3/c1-20-10(18)7-17-12(19)11(13)9(6-15-17)16-4-2-3-8(16)5-14/h6,8H,2-5,7,14H2,1H3. The molecule has 0 aromatic carbocycles. The minimum atomic E-state index is -0.514. The number of aromatic nitrogens is 2. The van der Waals surface area contributed by atoms with E-state index in [2.05, 4.69) is 30.7 Å². The van der Waals surface area contributed by atoms with Crippen LogP contribution in [0.25, 0.3) is 0 Å². The Morgan fingerprint density at radius 1 is 1.65 bits per heavy atom. The number of halogens is 1. The summed E-state index contributed by atoms with van der Waals surface area (Å²) >= 11 is 3.30.